The number of sulfone groups is 1. The summed E-state index contributed by atoms with van der Waals surface area (Å²) in [7, 11) is 4.87. The zero-order chi connectivity index (χ0) is 73.8. The summed E-state index contributed by atoms with van der Waals surface area (Å²) in [5, 5.41) is 8.07. The number of benzene rings is 8. The molecule has 0 amide bonds. The number of ketones is 2. The number of Topliss-reactive ketones (excluding diaryl/α,β-unsaturated/α-hetero) is 2. The topological polar surface area (TPSA) is 139 Å². The molecule has 2 aliphatic carbocycles. The number of ether oxygens (including phenoxy) is 4. The maximum atomic E-state index is 15.3. The molecule has 0 aliphatic heterocycles. The number of alkyl halides is 4. The first kappa shape index (κ1) is 77.1. The van der Waals surface area contributed by atoms with E-state index in [0.29, 0.717) is 69.7 Å². The van der Waals surface area contributed by atoms with Crippen LogP contribution in [0, 0.1) is 26.2 Å². The Morgan fingerprint density at radius 2 is 1.36 bits per heavy atom. The van der Waals surface area contributed by atoms with Crippen molar-refractivity contribution in [1.82, 2.24) is 19.7 Å². The molecule has 0 N–H and O–H groups in total. The van der Waals surface area contributed by atoms with Gasteiger partial charge in [0.15, 0.2) is 44.8 Å². The third-order valence-corrected chi connectivity index (χ3v) is 19.4. The number of aryl methyl sites for hydroxylation is 2. The van der Waals surface area contributed by atoms with Crippen molar-refractivity contribution >= 4 is 42.9 Å². The van der Waals surface area contributed by atoms with Gasteiger partial charge in [-0.15, -0.1) is 6.42 Å². The highest BCUT2D eigenvalue weighted by Gasteiger charge is 2.38. The number of terminal acetylenes is 1. The third kappa shape index (κ3) is 18.7. The molecular formula is C84H92F4N4O8S. The highest BCUT2D eigenvalue weighted by molar-refractivity contribution is 7.90. The fourth-order valence-electron chi connectivity index (χ4n) is 13.0. The predicted octanol–water partition coefficient (Wildman–Crippen LogP) is 19.9. The van der Waals surface area contributed by atoms with Crippen LogP contribution in [0.25, 0.3) is 38.5 Å². The van der Waals surface area contributed by atoms with Crippen LogP contribution in [-0.2, 0) is 32.1 Å². The Bertz CT molecular complexity index is 4730. The number of hydrogen-bond acceptors (Lipinski definition) is 11. The first-order valence-electron chi connectivity index (χ1n) is 33.4. The first-order valence-corrected chi connectivity index (χ1v) is 35.3. The standard InChI is InChI=1S/C20H20FNO4.C18H17FN2O2S.C18H26O.C15H15FO.C13H14FN/c1-23-15-6-5-13(10-16(15)24-2)19(21)20-14-11-18(26-4)17(25-3)9-12(14)7-8-22-20;1-13-11-18(15-5-3-14(12-19)4-6-15)21(20-13)16-7-9-17(10-8-16)24(2,22)23;1-11-10-18(6,7)15-9-13(17(3,4)5)8-14(12(2)19)16(11)15;1-10-3-4-13-9-14(6-5-12(13)7-10)15(16)8-11(2)17;1-3-8-15(2)13-9-12(14)10-6-4-5-7-11(10)13/h5-11,19H,1-4H3;3-11H,12H2,1-2H3;8-9,11H,10H2,1-7H3;3-7,9,15H,8H2,1-2H3;1,4-7,12-13H,8-9H2,2H3/t;;;;12-,13-/m....1/s1. The Kier molecular flexibility index (Phi) is 25.4. The van der Waals surface area contributed by atoms with Crippen LogP contribution in [0.15, 0.2) is 175 Å². The fraction of sp³-hybridized carbons (Fsp3) is 0.333. The van der Waals surface area contributed by atoms with Gasteiger partial charge in [-0.05, 0) is 191 Å². The van der Waals surface area contributed by atoms with E-state index in [1.807, 2.05) is 98.6 Å². The van der Waals surface area contributed by atoms with Gasteiger partial charge in [0.1, 0.15) is 24.8 Å². The minimum atomic E-state index is -3.23. The van der Waals surface area contributed by atoms with E-state index >= 15 is 4.39 Å². The first-order chi connectivity index (χ1) is 47.8. The van der Waals surface area contributed by atoms with Crippen LogP contribution >= 0.6 is 0 Å². The van der Waals surface area contributed by atoms with E-state index in [0.717, 1.165) is 61.9 Å². The molecule has 12 nitrogen and oxygen atoms in total. The van der Waals surface area contributed by atoms with E-state index in [2.05, 4.69) is 75.7 Å². The number of halogens is 4. The Morgan fingerprint density at radius 3 is 1.96 bits per heavy atom. The van der Waals surface area contributed by atoms with Crippen LogP contribution in [0.4, 0.5) is 17.6 Å². The lowest BCUT2D eigenvalue weighted by Crippen LogP contribution is -2.23. The molecule has 10 aromatic rings. The molecule has 2 aliphatic rings. The summed E-state index contributed by atoms with van der Waals surface area (Å²) in [4.78, 5) is 29.5. The Morgan fingerprint density at radius 1 is 0.743 bits per heavy atom. The van der Waals surface area contributed by atoms with Gasteiger partial charge in [0.25, 0.3) is 0 Å². The number of aromatic nitrogens is 3. The van der Waals surface area contributed by atoms with Crippen LogP contribution in [0.1, 0.15) is 177 Å². The molecule has 2 heterocycles. The van der Waals surface area contributed by atoms with Gasteiger partial charge in [-0.1, -0.05) is 144 Å². The minimum Gasteiger partial charge on any atom is -0.493 e. The monoisotopic (exact) mass is 1390 g/mol. The molecule has 0 bridgehead atoms. The maximum absolute atomic E-state index is 15.3. The molecule has 101 heavy (non-hydrogen) atoms. The van der Waals surface area contributed by atoms with Gasteiger partial charge < -0.3 is 18.9 Å². The molecule has 8 aromatic carbocycles. The molecule has 17 heteroatoms. The van der Waals surface area contributed by atoms with Gasteiger partial charge >= 0.3 is 0 Å². The molecule has 5 atom stereocenters. The van der Waals surface area contributed by atoms with Crippen LogP contribution < -0.4 is 18.9 Å². The lowest BCUT2D eigenvalue weighted by Gasteiger charge is -2.25. The average Bonchev–Trinajstić information content (AvgIpc) is 1.67. The van der Waals surface area contributed by atoms with Gasteiger partial charge in [0.2, 0.25) is 0 Å². The van der Waals surface area contributed by atoms with E-state index in [9.17, 15) is 31.2 Å². The molecule has 2 aromatic heterocycles. The summed E-state index contributed by atoms with van der Waals surface area (Å²) in [6, 6.07) is 49.9. The molecule has 12 rings (SSSR count). The summed E-state index contributed by atoms with van der Waals surface area (Å²) in [5.41, 5.74) is 13.6. The smallest absolute Gasteiger partial charge is 0.175 e. The zero-order valence-corrected chi connectivity index (χ0v) is 61.5. The highest BCUT2D eigenvalue weighted by atomic mass is 32.2. The minimum absolute atomic E-state index is 0.0443. The normalized spacial score (nSPS) is 15.5. The number of nitrogens with zero attached hydrogens (tertiary/aromatic N) is 4. The molecule has 0 saturated heterocycles. The number of carbonyl (C=O) groups excluding carboxylic acids is 2. The van der Waals surface area contributed by atoms with E-state index in [4.69, 9.17) is 25.4 Å². The van der Waals surface area contributed by atoms with Crippen LogP contribution in [0.3, 0.4) is 0 Å². The van der Waals surface area contributed by atoms with Crippen molar-refractivity contribution in [3.63, 3.8) is 0 Å². The number of pyridine rings is 1. The van der Waals surface area contributed by atoms with Crippen LogP contribution in [0.5, 0.6) is 23.0 Å². The number of methoxy groups -OCH3 is 4. The summed E-state index contributed by atoms with van der Waals surface area (Å²) >= 11 is 0. The van der Waals surface area contributed by atoms with Crippen molar-refractivity contribution in [2.45, 2.75) is 141 Å². The molecule has 3 unspecified atom stereocenters. The molecule has 0 radical (unpaired) electrons. The van der Waals surface area contributed by atoms with Gasteiger partial charge in [0, 0.05) is 47.8 Å². The molecule has 530 valence electrons. The number of hydrogen-bond donors (Lipinski definition) is 0. The molecule has 0 saturated carbocycles. The number of carbonyl (C=O) groups is 2. The quantitative estimate of drug-likeness (QED) is 0.0519. The predicted molar refractivity (Wildman–Crippen MR) is 397 cm³/mol. The van der Waals surface area contributed by atoms with E-state index in [1.165, 1.54) is 49.7 Å². The fourth-order valence-corrected chi connectivity index (χ4v) is 13.6. The van der Waals surface area contributed by atoms with Crippen molar-refractivity contribution in [2.75, 3.05) is 48.3 Å². The summed E-state index contributed by atoms with van der Waals surface area (Å²) in [5.74, 6) is 5.27. The molecule has 0 fully saturated rings. The van der Waals surface area contributed by atoms with Gasteiger partial charge in [0.05, 0.1) is 62.6 Å². The Labute approximate surface area is 593 Å². The van der Waals surface area contributed by atoms with E-state index in [1.54, 1.807) is 105 Å². The lowest BCUT2D eigenvalue weighted by atomic mass is 9.79. The van der Waals surface area contributed by atoms with Crippen molar-refractivity contribution in [1.29, 1.82) is 0 Å². The van der Waals surface area contributed by atoms with Gasteiger partial charge in [-0.3, -0.25) is 19.5 Å². The zero-order valence-electron chi connectivity index (χ0n) is 60.6. The average molecular weight is 1390 g/mol. The summed E-state index contributed by atoms with van der Waals surface area (Å²) in [6.07, 6.45) is 6.17. The largest absolute Gasteiger partial charge is 0.493 e. The van der Waals surface area contributed by atoms with Crippen molar-refractivity contribution in [3.05, 3.63) is 237 Å². The van der Waals surface area contributed by atoms with Crippen LogP contribution in [-0.4, -0.2) is 87.9 Å². The van der Waals surface area contributed by atoms with Crippen LogP contribution in [0.2, 0.25) is 0 Å². The summed E-state index contributed by atoms with van der Waals surface area (Å²) < 4.78 is 102. The van der Waals surface area contributed by atoms with Gasteiger partial charge in [-0.25, -0.2) is 30.7 Å². The number of rotatable bonds is 16. The van der Waals surface area contributed by atoms with Gasteiger partial charge in [-0.2, -0.15) is 5.10 Å². The van der Waals surface area contributed by atoms with E-state index in [-0.39, 0.29) is 39.8 Å². The highest BCUT2D eigenvalue weighted by Crippen LogP contribution is 2.49. The Hall–Kier alpha value is -9.63. The SMILES string of the molecule is C#CCN(C)[C@@H]1C[C@@H](F)c2ccccc21.CC(=O)CC(F)c1ccc2cc(C)ccc2c1.CC(=O)c1cc(C(C)(C)C)cc2c1C(C)CC2(C)C.COc1ccc(C(F)c2nccc3cc(OC)c(OC)cc23)cc1OC.Cc1cc(-c2ccc(CF)cc2)n(-c2ccc(S(C)(=O)=O)cc2)n1. The summed E-state index contributed by atoms with van der Waals surface area (Å²) in [6.45, 7) is 20.6. The Balaban J connectivity index is 0.000000163. The second kappa shape index (κ2) is 33.2. The molecule has 0 spiro atoms. The van der Waals surface area contributed by atoms with Crippen molar-refractivity contribution in [2.24, 2.45) is 0 Å². The van der Waals surface area contributed by atoms with E-state index < -0.39 is 35.0 Å². The second-order valence-electron chi connectivity index (χ2n) is 27.5. The molecular weight excluding hydrogens is 1300 g/mol. The second-order valence-corrected chi connectivity index (χ2v) is 29.5. The third-order valence-electron chi connectivity index (χ3n) is 18.3. The van der Waals surface area contributed by atoms with Crippen molar-refractivity contribution in [3.8, 4) is 52.3 Å². The van der Waals surface area contributed by atoms with Crippen molar-refractivity contribution < 1.29 is 54.5 Å². The maximum Gasteiger partial charge on any atom is 0.175 e. The number of fused-ring (bicyclic) bond motifs is 4. The lowest BCUT2D eigenvalue weighted by molar-refractivity contribution is -0.118.